The SMILES string of the molecule is CC(=O)C(F)(Cn1ccc2c(OCCc3nc(-c4ccccc4)oc3C)cccc21)n1cccc1. The summed E-state index contributed by atoms with van der Waals surface area (Å²) >= 11 is 0. The van der Waals surface area contributed by atoms with E-state index in [1.807, 2.05) is 61.5 Å². The molecule has 0 aliphatic carbocycles. The molecule has 0 saturated heterocycles. The van der Waals surface area contributed by atoms with Crippen molar-refractivity contribution in [2.75, 3.05) is 6.61 Å². The van der Waals surface area contributed by atoms with Crippen LogP contribution in [-0.4, -0.2) is 26.5 Å². The minimum absolute atomic E-state index is 0.135. The normalized spacial score (nSPS) is 13.1. The molecular weight excluding hydrogens is 445 g/mol. The van der Waals surface area contributed by atoms with Gasteiger partial charge >= 0.3 is 0 Å². The fraction of sp³-hybridized carbons (Fsp3) is 0.214. The van der Waals surface area contributed by atoms with E-state index in [2.05, 4.69) is 4.98 Å². The topological polar surface area (TPSA) is 62.2 Å². The third kappa shape index (κ3) is 4.37. The lowest BCUT2D eigenvalue weighted by atomic mass is 10.1. The molecule has 0 N–H and O–H groups in total. The summed E-state index contributed by atoms with van der Waals surface area (Å²) in [7, 11) is 0. The van der Waals surface area contributed by atoms with Crippen LogP contribution in [0.25, 0.3) is 22.4 Å². The number of rotatable bonds is 9. The molecule has 1 unspecified atom stereocenters. The summed E-state index contributed by atoms with van der Waals surface area (Å²) in [6.45, 7) is 3.45. The first-order valence-corrected chi connectivity index (χ1v) is 11.5. The van der Waals surface area contributed by atoms with Crippen LogP contribution in [-0.2, 0) is 23.6 Å². The Bertz CT molecular complexity index is 1450. The second-order valence-electron chi connectivity index (χ2n) is 8.52. The highest BCUT2D eigenvalue weighted by Gasteiger charge is 2.37. The van der Waals surface area contributed by atoms with Gasteiger partial charge in [-0.25, -0.2) is 9.37 Å². The first kappa shape index (κ1) is 22.7. The van der Waals surface area contributed by atoms with Crippen LogP contribution in [0.1, 0.15) is 18.4 Å². The van der Waals surface area contributed by atoms with Crippen molar-refractivity contribution in [1.82, 2.24) is 14.1 Å². The van der Waals surface area contributed by atoms with E-state index in [0.717, 1.165) is 27.9 Å². The van der Waals surface area contributed by atoms with Crippen LogP contribution in [0.3, 0.4) is 0 Å². The summed E-state index contributed by atoms with van der Waals surface area (Å²) in [5.74, 6) is -0.669. The molecule has 0 bridgehead atoms. The zero-order valence-corrected chi connectivity index (χ0v) is 19.6. The van der Waals surface area contributed by atoms with E-state index in [4.69, 9.17) is 9.15 Å². The number of carbonyl (C=O) groups is 1. The van der Waals surface area contributed by atoms with Crippen LogP contribution in [0.4, 0.5) is 4.39 Å². The van der Waals surface area contributed by atoms with Crippen LogP contribution < -0.4 is 4.74 Å². The summed E-state index contributed by atoms with van der Waals surface area (Å²) in [6, 6.07) is 20.7. The van der Waals surface area contributed by atoms with E-state index in [9.17, 15) is 4.79 Å². The van der Waals surface area contributed by atoms with Gasteiger partial charge in [0.25, 0.3) is 5.79 Å². The van der Waals surface area contributed by atoms with Gasteiger partial charge in [-0.2, -0.15) is 0 Å². The highest BCUT2D eigenvalue weighted by atomic mass is 19.1. The first-order chi connectivity index (χ1) is 17.0. The third-order valence-corrected chi connectivity index (χ3v) is 6.22. The van der Waals surface area contributed by atoms with Crippen molar-refractivity contribution in [3.05, 3.63) is 96.8 Å². The maximum Gasteiger partial charge on any atom is 0.262 e. The van der Waals surface area contributed by atoms with Crippen LogP contribution in [0, 0.1) is 6.92 Å². The molecule has 0 spiro atoms. The third-order valence-electron chi connectivity index (χ3n) is 6.22. The van der Waals surface area contributed by atoms with Crippen LogP contribution in [0.2, 0.25) is 0 Å². The number of fused-ring (bicyclic) bond motifs is 1. The molecule has 0 aliphatic heterocycles. The smallest absolute Gasteiger partial charge is 0.262 e. The zero-order chi connectivity index (χ0) is 24.4. The molecule has 1 atom stereocenters. The molecular formula is C28H26FN3O3. The molecule has 0 radical (unpaired) electrons. The molecule has 0 aliphatic rings. The van der Waals surface area contributed by atoms with Crippen molar-refractivity contribution in [2.24, 2.45) is 0 Å². The monoisotopic (exact) mass is 471 g/mol. The largest absolute Gasteiger partial charge is 0.492 e. The lowest BCUT2D eigenvalue weighted by Crippen LogP contribution is -2.39. The molecule has 178 valence electrons. The van der Waals surface area contributed by atoms with Crippen molar-refractivity contribution in [3.8, 4) is 17.2 Å². The number of ketones is 1. The van der Waals surface area contributed by atoms with Gasteiger partial charge in [0.1, 0.15) is 11.5 Å². The number of benzene rings is 2. The van der Waals surface area contributed by atoms with Gasteiger partial charge in [-0.05, 0) is 56.3 Å². The van der Waals surface area contributed by atoms with E-state index < -0.39 is 11.6 Å². The van der Waals surface area contributed by atoms with Gasteiger partial charge in [-0.15, -0.1) is 0 Å². The number of alkyl halides is 1. The van der Waals surface area contributed by atoms with Gasteiger partial charge in [0, 0.05) is 36.0 Å². The zero-order valence-electron chi connectivity index (χ0n) is 19.6. The van der Waals surface area contributed by atoms with Crippen LogP contribution in [0.5, 0.6) is 5.75 Å². The Morgan fingerprint density at radius 2 is 1.80 bits per heavy atom. The Morgan fingerprint density at radius 3 is 2.54 bits per heavy atom. The van der Waals surface area contributed by atoms with Crippen LogP contribution >= 0.6 is 0 Å². The molecule has 35 heavy (non-hydrogen) atoms. The summed E-state index contributed by atoms with van der Waals surface area (Å²) in [6.07, 6.45) is 5.50. The Morgan fingerprint density at radius 1 is 1.03 bits per heavy atom. The summed E-state index contributed by atoms with van der Waals surface area (Å²) in [4.78, 5) is 16.9. The number of oxazole rings is 1. The van der Waals surface area contributed by atoms with Crippen molar-refractivity contribution in [3.63, 3.8) is 0 Å². The molecule has 0 amide bonds. The summed E-state index contributed by atoms with van der Waals surface area (Å²) < 4.78 is 30.8. The quantitative estimate of drug-likeness (QED) is 0.267. The molecule has 3 heterocycles. The van der Waals surface area contributed by atoms with Gasteiger partial charge < -0.3 is 18.3 Å². The molecule has 5 aromatic rings. The fourth-order valence-electron chi connectivity index (χ4n) is 4.25. The van der Waals surface area contributed by atoms with E-state index in [1.165, 1.54) is 11.5 Å². The lowest BCUT2D eigenvalue weighted by Gasteiger charge is -2.25. The highest BCUT2D eigenvalue weighted by Crippen LogP contribution is 2.31. The second-order valence-corrected chi connectivity index (χ2v) is 8.52. The Balaban J connectivity index is 1.32. The van der Waals surface area contributed by atoms with E-state index in [0.29, 0.717) is 24.7 Å². The first-order valence-electron chi connectivity index (χ1n) is 11.5. The Kier molecular flexibility index (Phi) is 5.99. The molecule has 7 heteroatoms. The molecule has 0 saturated carbocycles. The molecule has 5 rings (SSSR count). The predicted octanol–water partition coefficient (Wildman–Crippen LogP) is 5.94. The van der Waals surface area contributed by atoms with Gasteiger partial charge in [0.2, 0.25) is 5.89 Å². The number of aryl methyl sites for hydroxylation is 1. The number of aromatic nitrogens is 3. The number of hydrogen-bond donors (Lipinski definition) is 0. The lowest BCUT2D eigenvalue weighted by molar-refractivity contribution is -0.136. The van der Waals surface area contributed by atoms with E-state index in [1.54, 1.807) is 35.3 Å². The number of Topliss-reactive ketones (excluding diaryl/α,β-unsaturated/α-hetero) is 1. The van der Waals surface area contributed by atoms with E-state index in [-0.39, 0.29) is 6.54 Å². The minimum Gasteiger partial charge on any atom is -0.492 e. The van der Waals surface area contributed by atoms with Crippen molar-refractivity contribution < 1.29 is 18.3 Å². The number of nitrogens with zero attached hydrogens (tertiary/aromatic N) is 3. The summed E-state index contributed by atoms with van der Waals surface area (Å²) in [5.41, 5.74) is 2.58. The molecule has 3 aromatic heterocycles. The Hall–Kier alpha value is -4.13. The van der Waals surface area contributed by atoms with Gasteiger partial charge in [-0.3, -0.25) is 4.79 Å². The number of ether oxygens (including phenoxy) is 1. The Labute approximate surface area is 202 Å². The van der Waals surface area contributed by atoms with Crippen molar-refractivity contribution in [2.45, 2.75) is 32.6 Å². The molecule has 6 nitrogen and oxygen atoms in total. The second kappa shape index (κ2) is 9.25. The van der Waals surface area contributed by atoms with Crippen molar-refractivity contribution in [1.29, 1.82) is 0 Å². The molecule has 0 fully saturated rings. The van der Waals surface area contributed by atoms with Crippen LogP contribution in [0.15, 0.2) is 89.7 Å². The average molecular weight is 472 g/mol. The predicted molar refractivity (Wildman–Crippen MR) is 132 cm³/mol. The maximum atomic E-state index is 15.8. The minimum atomic E-state index is -2.17. The van der Waals surface area contributed by atoms with Gasteiger partial charge in [0.05, 0.1) is 24.4 Å². The standard InChI is InChI=1S/C28H26FN3O3/c1-20-24(30-27(35-20)22-9-4-3-5-10-22)14-18-34-26-12-8-11-25-23(26)13-17-31(25)19-28(29,21(2)33)32-15-6-7-16-32/h3-13,15-17H,14,18-19H2,1-2H3. The molecule has 2 aromatic carbocycles. The number of carbonyl (C=O) groups excluding carboxylic acids is 1. The van der Waals surface area contributed by atoms with Gasteiger partial charge in [-0.1, -0.05) is 24.3 Å². The summed E-state index contributed by atoms with van der Waals surface area (Å²) in [5, 5.41) is 0.854. The number of hydrogen-bond acceptors (Lipinski definition) is 4. The average Bonchev–Trinajstić information content (AvgIpc) is 3.61. The fourth-order valence-corrected chi connectivity index (χ4v) is 4.25. The number of halogens is 1. The van der Waals surface area contributed by atoms with Crippen molar-refractivity contribution >= 4 is 16.7 Å². The van der Waals surface area contributed by atoms with Gasteiger partial charge in [0.15, 0.2) is 5.78 Å². The highest BCUT2D eigenvalue weighted by molar-refractivity contribution is 5.87. The van der Waals surface area contributed by atoms with E-state index >= 15 is 4.39 Å². The maximum absolute atomic E-state index is 15.8.